The Bertz CT molecular complexity index is 434. The van der Waals surface area contributed by atoms with Gasteiger partial charge in [-0.3, -0.25) is 5.84 Å². The Hall–Kier alpha value is -1.58. The van der Waals surface area contributed by atoms with Crippen LogP contribution in [0.3, 0.4) is 0 Å². The molecule has 90 valence electrons. The van der Waals surface area contributed by atoms with Gasteiger partial charge in [0.25, 0.3) is 0 Å². The van der Waals surface area contributed by atoms with E-state index in [4.69, 9.17) is 10.3 Å². The fraction of sp³-hybridized carbons (Fsp3) is 0.286. The molecule has 2 aromatic rings. The van der Waals surface area contributed by atoms with Crippen LogP contribution in [0, 0.1) is 0 Å². The molecule has 0 aliphatic heterocycles. The van der Waals surface area contributed by atoms with Gasteiger partial charge in [0.15, 0.2) is 0 Å². The van der Waals surface area contributed by atoms with Crippen LogP contribution in [0.15, 0.2) is 47.1 Å². The molecule has 1 aromatic heterocycles. The van der Waals surface area contributed by atoms with Crippen LogP contribution in [0.4, 0.5) is 0 Å². The lowest BCUT2D eigenvalue weighted by Gasteiger charge is -2.14. The predicted octanol–water partition coefficient (Wildman–Crippen LogP) is 2.78. The summed E-state index contributed by atoms with van der Waals surface area (Å²) >= 11 is 0. The van der Waals surface area contributed by atoms with E-state index in [0.29, 0.717) is 0 Å². The second-order valence-electron chi connectivity index (χ2n) is 4.11. The molecule has 3 nitrogen and oxygen atoms in total. The Kier molecular flexibility index (Phi) is 3.96. The van der Waals surface area contributed by atoms with Crippen molar-refractivity contribution >= 4 is 0 Å². The monoisotopic (exact) mass is 230 g/mol. The SMILES string of the molecule is CCCc1ccc(C(NN)c2ccco2)cc1. The van der Waals surface area contributed by atoms with Crippen LogP contribution in [0.2, 0.25) is 0 Å². The number of hydrogen-bond acceptors (Lipinski definition) is 3. The van der Waals surface area contributed by atoms with Crippen LogP contribution in [-0.2, 0) is 6.42 Å². The van der Waals surface area contributed by atoms with E-state index >= 15 is 0 Å². The van der Waals surface area contributed by atoms with Crippen LogP contribution < -0.4 is 11.3 Å². The van der Waals surface area contributed by atoms with Gasteiger partial charge < -0.3 is 4.42 Å². The Morgan fingerprint density at radius 2 is 2.00 bits per heavy atom. The minimum atomic E-state index is -0.0827. The average molecular weight is 230 g/mol. The molecule has 0 fully saturated rings. The zero-order valence-electron chi connectivity index (χ0n) is 10.0. The maximum absolute atomic E-state index is 5.58. The standard InChI is InChI=1S/C14H18N2O/c1-2-4-11-6-8-12(9-7-11)14(16-15)13-5-3-10-17-13/h3,5-10,14,16H,2,4,15H2,1H3. The first-order chi connectivity index (χ1) is 8.35. The van der Waals surface area contributed by atoms with Crippen molar-refractivity contribution in [1.82, 2.24) is 5.43 Å². The summed E-state index contributed by atoms with van der Waals surface area (Å²) < 4.78 is 5.38. The summed E-state index contributed by atoms with van der Waals surface area (Å²) in [6.45, 7) is 2.18. The van der Waals surface area contributed by atoms with Gasteiger partial charge in [0, 0.05) is 0 Å². The smallest absolute Gasteiger partial charge is 0.126 e. The van der Waals surface area contributed by atoms with E-state index in [1.54, 1.807) is 6.26 Å². The summed E-state index contributed by atoms with van der Waals surface area (Å²) in [4.78, 5) is 0. The molecule has 0 spiro atoms. The third-order valence-electron chi connectivity index (χ3n) is 2.85. The van der Waals surface area contributed by atoms with Crippen LogP contribution in [0.1, 0.15) is 36.3 Å². The first-order valence-electron chi connectivity index (χ1n) is 5.93. The summed E-state index contributed by atoms with van der Waals surface area (Å²) in [5.41, 5.74) is 5.24. The molecule has 3 heteroatoms. The van der Waals surface area contributed by atoms with Crippen LogP contribution in [0.25, 0.3) is 0 Å². The fourth-order valence-corrected chi connectivity index (χ4v) is 1.96. The van der Waals surface area contributed by atoms with Gasteiger partial charge in [-0.05, 0) is 29.7 Å². The highest BCUT2D eigenvalue weighted by Gasteiger charge is 2.14. The zero-order chi connectivity index (χ0) is 12.1. The molecule has 0 saturated heterocycles. The van der Waals surface area contributed by atoms with Crippen molar-refractivity contribution in [3.63, 3.8) is 0 Å². The van der Waals surface area contributed by atoms with Gasteiger partial charge in [0.05, 0.1) is 6.26 Å². The topological polar surface area (TPSA) is 51.2 Å². The molecule has 1 unspecified atom stereocenters. The second-order valence-corrected chi connectivity index (χ2v) is 4.11. The maximum atomic E-state index is 5.58. The first-order valence-corrected chi connectivity index (χ1v) is 5.93. The summed E-state index contributed by atoms with van der Waals surface area (Å²) in [7, 11) is 0. The van der Waals surface area contributed by atoms with Crippen LogP contribution >= 0.6 is 0 Å². The van der Waals surface area contributed by atoms with Crippen molar-refractivity contribution in [2.75, 3.05) is 0 Å². The minimum absolute atomic E-state index is 0.0827. The molecule has 0 amide bonds. The first kappa shape index (κ1) is 11.9. The molecule has 0 aliphatic carbocycles. The highest BCUT2D eigenvalue weighted by Crippen LogP contribution is 2.22. The molecule has 0 radical (unpaired) electrons. The molecule has 2 rings (SSSR count). The second kappa shape index (κ2) is 5.66. The number of furan rings is 1. The lowest BCUT2D eigenvalue weighted by atomic mass is 10.0. The van der Waals surface area contributed by atoms with Crippen molar-refractivity contribution in [3.05, 3.63) is 59.5 Å². The summed E-state index contributed by atoms with van der Waals surface area (Å²) in [5, 5.41) is 0. The zero-order valence-corrected chi connectivity index (χ0v) is 10.0. The number of benzene rings is 1. The molecule has 1 atom stereocenters. The van der Waals surface area contributed by atoms with Crippen molar-refractivity contribution in [1.29, 1.82) is 0 Å². The van der Waals surface area contributed by atoms with E-state index < -0.39 is 0 Å². The number of aryl methyl sites for hydroxylation is 1. The number of nitrogens with one attached hydrogen (secondary N) is 1. The number of hydrazine groups is 1. The fourth-order valence-electron chi connectivity index (χ4n) is 1.96. The van der Waals surface area contributed by atoms with E-state index in [0.717, 1.165) is 24.2 Å². The van der Waals surface area contributed by atoms with E-state index in [9.17, 15) is 0 Å². The van der Waals surface area contributed by atoms with Crippen LogP contribution in [-0.4, -0.2) is 0 Å². The van der Waals surface area contributed by atoms with Gasteiger partial charge in [-0.2, -0.15) is 0 Å². The highest BCUT2D eigenvalue weighted by molar-refractivity contribution is 5.29. The normalized spacial score (nSPS) is 12.6. The Morgan fingerprint density at radius 3 is 2.53 bits per heavy atom. The number of nitrogens with two attached hydrogens (primary N) is 1. The van der Waals surface area contributed by atoms with Crippen molar-refractivity contribution in [3.8, 4) is 0 Å². The molecule has 1 aromatic carbocycles. The van der Waals surface area contributed by atoms with Crippen molar-refractivity contribution in [2.24, 2.45) is 5.84 Å². The molecule has 17 heavy (non-hydrogen) atoms. The van der Waals surface area contributed by atoms with E-state index in [1.807, 2.05) is 12.1 Å². The lowest BCUT2D eigenvalue weighted by molar-refractivity contribution is 0.452. The van der Waals surface area contributed by atoms with Gasteiger partial charge >= 0.3 is 0 Å². The number of hydrogen-bond donors (Lipinski definition) is 2. The van der Waals surface area contributed by atoms with Crippen molar-refractivity contribution < 1.29 is 4.42 Å². The summed E-state index contributed by atoms with van der Waals surface area (Å²) in [5.74, 6) is 6.41. The molecule has 0 saturated carbocycles. The summed E-state index contributed by atoms with van der Waals surface area (Å²) in [6.07, 6.45) is 3.93. The van der Waals surface area contributed by atoms with Crippen LogP contribution in [0.5, 0.6) is 0 Å². The predicted molar refractivity (Wildman–Crippen MR) is 68.3 cm³/mol. The van der Waals surface area contributed by atoms with Gasteiger partial charge in [-0.15, -0.1) is 0 Å². The molecule has 1 heterocycles. The van der Waals surface area contributed by atoms with Crippen molar-refractivity contribution in [2.45, 2.75) is 25.8 Å². The molecule has 0 bridgehead atoms. The lowest BCUT2D eigenvalue weighted by Crippen LogP contribution is -2.28. The Labute approximate surface area is 102 Å². The third-order valence-corrected chi connectivity index (χ3v) is 2.85. The summed E-state index contributed by atoms with van der Waals surface area (Å²) in [6, 6.07) is 12.2. The minimum Gasteiger partial charge on any atom is -0.467 e. The van der Waals surface area contributed by atoms with Gasteiger partial charge in [0.1, 0.15) is 11.8 Å². The van der Waals surface area contributed by atoms with Gasteiger partial charge in [0.2, 0.25) is 0 Å². The van der Waals surface area contributed by atoms with E-state index in [1.165, 1.54) is 5.56 Å². The van der Waals surface area contributed by atoms with Gasteiger partial charge in [-0.1, -0.05) is 37.6 Å². The largest absolute Gasteiger partial charge is 0.467 e. The third kappa shape index (κ3) is 2.75. The van der Waals surface area contributed by atoms with E-state index in [-0.39, 0.29) is 6.04 Å². The average Bonchev–Trinajstić information content (AvgIpc) is 2.86. The van der Waals surface area contributed by atoms with E-state index in [2.05, 4.69) is 36.6 Å². The number of rotatable bonds is 5. The van der Waals surface area contributed by atoms with Gasteiger partial charge in [-0.25, -0.2) is 5.43 Å². The Morgan fingerprint density at radius 1 is 1.24 bits per heavy atom. The maximum Gasteiger partial charge on any atom is 0.126 e. The molecular formula is C14H18N2O. The molecule has 0 aliphatic rings. The highest BCUT2D eigenvalue weighted by atomic mass is 16.3. The molecule has 3 N–H and O–H groups in total. The molecular weight excluding hydrogens is 212 g/mol. The quantitative estimate of drug-likeness (QED) is 0.613. The Balaban J connectivity index is 2.20.